The Balaban J connectivity index is 2.63. The third-order valence-corrected chi connectivity index (χ3v) is 4.76. The van der Waals surface area contributed by atoms with E-state index < -0.39 is 9.05 Å². The van der Waals surface area contributed by atoms with Crippen LogP contribution >= 0.6 is 26.6 Å². The van der Waals surface area contributed by atoms with E-state index >= 15 is 0 Å². The standard InChI is InChI=1S/C13H17BrClNO3S/c1-2-3-4-5-6-13(17)16-12-8-7-10(9-11(12)14)20(15,18)19/h7-9H,2-6H2,1H3,(H,16,17). The summed E-state index contributed by atoms with van der Waals surface area (Å²) >= 11 is 3.22. The lowest BCUT2D eigenvalue weighted by atomic mass is 10.1. The SMILES string of the molecule is CCCCCCC(=O)Nc1ccc(S(=O)(=O)Cl)cc1Br. The number of amides is 1. The van der Waals surface area contributed by atoms with Crippen molar-refractivity contribution < 1.29 is 13.2 Å². The van der Waals surface area contributed by atoms with Crippen LogP contribution in [0.4, 0.5) is 5.69 Å². The van der Waals surface area contributed by atoms with Crippen molar-refractivity contribution in [3.05, 3.63) is 22.7 Å². The van der Waals surface area contributed by atoms with Crippen molar-refractivity contribution in [2.45, 2.75) is 43.9 Å². The predicted octanol–water partition coefficient (Wildman–Crippen LogP) is 4.29. The molecule has 4 nitrogen and oxygen atoms in total. The number of anilines is 1. The molecular weight excluding hydrogens is 366 g/mol. The van der Waals surface area contributed by atoms with Gasteiger partial charge in [0.25, 0.3) is 9.05 Å². The van der Waals surface area contributed by atoms with Gasteiger partial charge in [-0.3, -0.25) is 4.79 Å². The zero-order chi connectivity index (χ0) is 15.2. The number of unbranched alkanes of at least 4 members (excludes halogenated alkanes) is 3. The Kier molecular flexibility index (Phi) is 6.99. The van der Waals surface area contributed by atoms with Gasteiger partial charge in [-0.25, -0.2) is 8.42 Å². The first-order valence-electron chi connectivity index (χ1n) is 6.38. The number of nitrogens with one attached hydrogen (secondary N) is 1. The smallest absolute Gasteiger partial charge is 0.261 e. The van der Waals surface area contributed by atoms with Crippen molar-refractivity contribution in [1.29, 1.82) is 0 Å². The summed E-state index contributed by atoms with van der Waals surface area (Å²) in [5, 5.41) is 2.74. The second-order valence-electron chi connectivity index (χ2n) is 4.44. The van der Waals surface area contributed by atoms with Gasteiger partial charge >= 0.3 is 0 Å². The third-order valence-electron chi connectivity index (χ3n) is 2.75. The molecule has 0 saturated heterocycles. The fourth-order valence-corrected chi connectivity index (χ4v) is 3.08. The molecule has 7 heteroatoms. The molecule has 1 N–H and O–H groups in total. The van der Waals surface area contributed by atoms with E-state index in [2.05, 4.69) is 28.2 Å². The molecule has 1 rings (SSSR count). The Labute approximate surface area is 132 Å². The van der Waals surface area contributed by atoms with Crippen LogP contribution in [0, 0.1) is 0 Å². The van der Waals surface area contributed by atoms with Crippen molar-refractivity contribution in [2.24, 2.45) is 0 Å². The molecule has 0 radical (unpaired) electrons. The van der Waals surface area contributed by atoms with Crippen LogP contribution in [-0.4, -0.2) is 14.3 Å². The summed E-state index contributed by atoms with van der Waals surface area (Å²) in [5.74, 6) is -0.0803. The summed E-state index contributed by atoms with van der Waals surface area (Å²) in [4.78, 5) is 11.7. The van der Waals surface area contributed by atoms with Crippen LogP contribution in [0.15, 0.2) is 27.6 Å². The molecule has 0 unspecified atom stereocenters. The molecule has 0 atom stereocenters. The van der Waals surface area contributed by atoms with Gasteiger partial charge in [-0.05, 0) is 40.5 Å². The van der Waals surface area contributed by atoms with E-state index in [0.717, 1.165) is 25.7 Å². The van der Waals surface area contributed by atoms with Crippen LogP contribution < -0.4 is 5.32 Å². The van der Waals surface area contributed by atoms with Crippen LogP contribution in [0.1, 0.15) is 39.0 Å². The first-order valence-corrected chi connectivity index (χ1v) is 9.49. The average Bonchev–Trinajstić information content (AvgIpc) is 2.36. The lowest BCUT2D eigenvalue weighted by Crippen LogP contribution is -2.11. The molecule has 1 aromatic carbocycles. The first kappa shape index (κ1) is 17.5. The number of hydrogen-bond donors (Lipinski definition) is 1. The number of rotatable bonds is 7. The van der Waals surface area contributed by atoms with E-state index in [-0.39, 0.29) is 10.8 Å². The first-order chi connectivity index (χ1) is 9.34. The van der Waals surface area contributed by atoms with Crippen molar-refractivity contribution in [3.8, 4) is 0 Å². The molecule has 0 aliphatic rings. The van der Waals surface area contributed by atoms with Gasteiger partial charge in [0.2, 0.25) is 5.91 Å². The Morgan fingerprint density at radius 2 is 2.00 bits per heavy atom. The van der Waals surface area contributed by atoms with Gasteiger partial charge in [-0.1, -0.05) is 26.2 Å². The molecule has 0 fully saturated rings. The van der Waals surface area contributed by atoms with Crippen LogP contribution in [-0.2, 0) is 13.8 Å². The molecule has 1 aromatic rings. The summed E-state index contributed by atoms with van der Waals surface area (Å²) in [6, 6.07) is 4.25. The van der Waals surface area contributed by atoms with E-state index in [4.69, 9.17) is 10.7 Å². The fourth-order valence-electron chi connectivity index (χ4n) is 1.67. The number of halogens is 2. The van der Waals surface area contributed by atoms with Crippen LogP contribution in [0.25, 0.3) is 0 Å². The highest BCUT2D eigenvalue weighted by Crippen LogP contribution is 2.27. The second-order valence-corrected chi connectivity index (χ2v) is 7.86. The molecule has 0 aromatic heterocycles. The normalized spacial score (nSPS) is 11.3. The molecule has 0 aliphatic carbocycles. The van der Waals surface area contributed by atoms with Crippen LogP contribution in [0.2, 0.25) is 0 Å². The molecule has 0 heterocycles. The summed E-state index contributed by atoms with van der Waals surface area (Å²) in [7, 11) is 1.49. The van der Waals surface area contributed by atoms with Crippen molar-refractivity contribution in [2.75, 3.05) is 5.32 Å². The monoisotopic (exact) mass is 381 g/mol. The fraction of sp³-hybridized carbons (Fsp3) is 0.462. The van der Waals surface area contributed by atoms with E-state index in [0.29, 0.717) is 16.6 Å². The van der Waals surface area contributed by atoms with Crippen molar-refractivity contribution in [1.82, 2.24) is 0 Å². The maximum absolute atomic E-state index is 11.7. The minimum Gasteiger partial charge on any atom is -0.325 e. The number of benzene rings is 1. The third kappa shape index (κ3) is 5.81. The summed E-state index contributed by atoms with van der Waals surface area (Å²) < 4.78 is 22.8. The molecular formula is C13H17BrClNO3S. The highest BCUT2D eigenvalue weighted by molar-refractivity contribution is 9.10. The summed E-state index contributed by atoms with van der Waals surface area (Å²) in [6.45, 7) is 2.11. The molecule has 1 amide bonds. The van der Waals surface area contributed by atoms with Gasteiger partial charge in [0.15, 0.2) is 0 Å². The number of carbonyl (C=O) groups is 1. The summed E-state index contributed by atoms with van der Waals surface area (Å²) in [5.41, 5.74) is 0.537. The second kappa shape index (κ2) is 8.00. The van der Waals surface area contributed by atoms with Gasteiger partial charge in [-0.15, -0.1) is 0 Å². The maximum Gasteiger partial charge on any atom is 0.261 e. The number of carbonyl (C=O) groups excluding carboxylic acids is 1. The Morgan fingerprint density at radius 3 is 2.55 bits per heavy atom. The van der Waals surface area contributed by atoms with Gasteiger partial charge in [-0.2, -0.15) is 0 Å². The predicted molar refractivity (Wildman–Crippen MR) is 84.6 cm³/mol. The minimum absolute atomic E-state index is 0.00742. The van der Waals surface area contributed by atoms with Gasteiger partial charge in [0.1, 0.15) is 0 Å². The molecule has 0 spiro atoms. The van der Waals surface area contributed by atoms with E-state index in [1.54, 1.807) is 0 Å². The molecule has 112 valence electrons. The Hall–Kier alpha value is -0.590. The highest BCUT2D eigenvalue weighted by atomic mass is 79.9. The molecule has 0 saturated carbocycles. The Bertz CT molecular complexity index is 575. The van der Waals surface area contributed by atoms with Crippen molar-refractivity contribution >= 4 is 47.3 Å². The molecule has 20 heavy (non-hydrogen) atoms. The largest absolute Gasteiger partial charge is 0.325 e. The quantitative estimate of drug-likeness (QED) is 0.565. The van der Waals surface area contributed by atoms with Crippen LogP contribution in [0.3, 0.4) is 0 Å². The minimum atomic E-state index is -3.76. The van der Waals surface area contributed by atoms with Crippen LogP contribution in [0.5, 0.6) is 0 Å². The number of hydrogen-bond acceptors (Lipinski definition) is 3. The summed E-state index contributed by atoms with van der Waals surface area (Å²) in [6.07, 6.45) is 4.60. The van der Waals surface area contributed by atoms with Gasteiger partial charge in [0.05, 0.1) is 10.6 Å². The maximum atomic E-state index is 11.7. The zero-order valence-corrected chi connectivity index (χ0v) is 14.3. The van der Waals surface area contributed by atoms with E-state index in [1.807, 2.05) is 0 Å². The molecule has 0 aliphatic heterocycles. The van der Waals surface area contributed by atoms with Crippen molar-refractivity contribution in [3.63, 3.8) is 0 Å². The highest BCUT2D eigenvalue weighted by Gasteiger charge is 2.13. The zero-order valence-electron chi connectivity index (χ0n) is 11.2. The van der Waals surface area contributed by atoms with E-state index in [1.165, 1.54) is 18.2 Å². The Morgan fingerprint density at radius 1 is 1.30 bits per heavy atom. The van der Waals surface area contributed by atoms with E-state index in [9.17, 15) is 13.2 Å². The van der Waals surface area contributed by atoms with Gasteiger partial charge in [0, 0.05) is 21.6 Å². The average molecular weight is 383 g/mol. The lowest BCUT2D eigenvalue weighted by molar-refractivity contribution is -0.116. The molecule has 0 bridgehead atoms. The van der Waals surface area contributed by atoms with Gasteiger partial charge < -0.3 is 5.32 Å². The lowest BCUT2D eigenvalue weighted by Gasteiger charge is -2.08. The topological polar surface area (TPSA) is 63.2 Å².